The van der Waals surface area contributed by atoms with Crippen molar-refractivity contribution in [3.63, 3.8) is 0 Å². The highest BCUT2D eigenvalue weighted by molar-refractivity contribution is 7.13. The molecule has 0 fully saturated rings. The van der Waals surface area contributed by atoms with Crippen LogP contribution in [0.15, 0.2) is 34.7 Å². The molecule has 94 valence electrons. The van der Waals surface area contributed by atoms with Crippen LogP contribution in [0.25, 0.3) is 0 Å². The minimum absolute atomic E-state index is 0.806. The van der Waals surface area contributed by atoms with Gasteiger partial charge in [-0.15, -0.1) is 11.3 Å². The molecule has 0 aliphatic carbocycles. The number of ether oxygens (including phenoxy) is 1. The van der Waals surface area contributed by atoms with E-state index in [1.54, 1.807) is 18.4 Å². The zero-order valence-corrected chi connectivity index (χ0v) is 11.4. The highest BCUT2D eigenvalue weighted by atomic mass is 32.1. The molecular formula is C13H15N3OS. The average molecular weight is 261 g/mol. The van der Waals surface area contributed by atoms with Crippen LogP contribution >= 0.6 is 11.3 Å². The molecule has 0 unspecified atom stereocenters. The fourth-order valence-electron chi connectivity index (χ4n) is 1.43. The van der Waals surface area contributed by atoms with Gasteiger partial charge in [0.05, 0.1) is 18.5 Å². The molecule has 1 aromatic carbocycles. The summed E-state index contributed by atoms with van der Waals surface area (Å²) < 4.78 is 5.12. The third-order valence-corrected chi connectivity index (χ3v) is 3.31. The van der Waals surface area contributed by atoms with E-state index < -0.39 is 0 Å². The van der Waals surface area contributed by atoms with E-state index in [0.717, 1.165) is 27.9 Å². The van der Waals surface area contributed by atoms with Gasteiger partial charge in [0.25, 0.3) is 0 Å². The minimum Gasteiger partial charge on any atom is -0.497 e. The van der Waals surface area contributed by atoms with Crippen LogP contribution in [-0.4, -0.2) is 17.8 Å². The molecule has 0 saturated carbocycles. The molecule has 0 aliphatic heterocycles. The van der Waals surface area contributed by atoms with Crippen LogP contribution in [0.2, 0.25) is 0 Å². The fraction of sp³-hybridized carbons (Fsp3) is 0.231. The summed E-state index contributed by atoms with van der Waals surface area (Å²) >= 11 is 1.54. The van der Waals surface area contributed by atoms with Gasteiger partial charge in [-0.05, 0) is 43.7 Å². The third-order valence-electron chi connectivity index (χ3n) is 2.45. The van der Waals surface area contributed by atoms with Gasteiger partial charge in [-0.1, -0.05) is 0 Å². The number of nitrogens with one attached hydrogen (secondary N) is 1. The van der Waals surface area contributed by atoms with E-state index in [1.165, 1.54) is 0 Å². The molecule has 0 radical (unpaired) electrons. The highest BCUT2D eigenvalue weighted by Crippen LogP contribution is 2.15. The second kappa shape index (κ2) is 5.64. The number of aromatic nitrogens is 1. The average Bonchev–Trinajstić information content (AvgIpc) is 2.82. The lowest BCUT2D eigenvalue weighted by molar-refractivity contribution is 0.415. The van der Waals surface area contributed by atoms with Crippen molar-refractivity contribution in [1.82, 2.24) is 4.98 Å². The Morgan fingerprint density at radius 3 is 2.61 bits per heavy atom. The molecule has 0 saturated heterocycles. The molecule has 0 bridgehead atoms. The SMILES string of the molecule is COc1ccc(/C(C)=N/Nc2nc(C)cs2)cc1. The van der Waals surface area contributed by atoms with Crippen molar-refractivity contribution in [3.8, 4) is 5.75 Å². The van der Waals surface area contributed by atoms with Crippen molar-refractivity contribution in [2.75, 3.05) is 12.5 Å². The van der Waals surface area contributed by atoms with Crippen molar-refractivity contribution in [3.05, 3.63) is 40.9 Å². The maximum atomic E-state index is 5.12. The standard InChI is InChI=1S/C13H15N3OS/c1-9-8-18-13(14-9)16-15-10(2)11-4-6-12(17-3)7-5-11/h4-8H,1-3H3,(H,14,16)/b15-10+. The molecule has 2 rings (SSSR count). The number of hydrogen-bond acceptors (Lipinski definition) is 5. The van der Waals surface area contributed by atoms with Gasteiger partial charge in [0.15, 0.2) is 0 Å². The molecule has 0 amide bonds. The number of rotatable bonds is 4. The second-order valence-corrected chi connectivity index (χ2v) is 4.69. The number of nitrogens with zero attached hydrogens (tertiary/aromatic N) is 2. The molecule has 0 aliphatic rings. The first-order valence-electron chi connectivity index (χ1n) is 5.56. The van der Waals surface area contributed by atoms with E-state index in [-0.39, 0.29) is 0 Å². The second-order valence-electron chi connectivity index (χ2n) is 3.83. The molecule has 5 heteroatoms. The summed E-state index contributed by atoms with van der Waals surface area (Å²) in [7, 11) is 1.66. The highest BCUT2D eigenvalue weighted by Gasteiger charge is 1.99. The van der Waals surface area contributed by atoms with Gasteiger partial charge >= 0.3 is 0 Å². The van der Waals surface area contributed by atoms with Crippen molar-refractivity contribution in [1.29, 1.82) is 0 Å². The number of anilines is 1. The first-order chi connectivity index (χ1) is 8.69. The minimum atomic E-state index is 0.806. The maximum Gasteiger partial charge on any atom is 0.203 e. The molecule has 1 heterocycles. The van der Waals surface area contributed by atoms with Gasteiger partial charge < -0.3 is 4.74 Å². The first-order valence-corrected chi connectivity index (χ1v) is 6.44. The summed E-state index contributed by atoms with van der Waals surface area (Å²) in [5, 5.41) is 7.10. The molecule has 1 aromatic heterocycles. The maximum absolute atomic E-state index is 5.12. The largest absolute Gasteiger partial charge is 0.497 e. The summed E-state index contributed by atoms with van der Waals surface area (Å²) in [4.78, 5) is 4.28. The van der Waals surface area contributed by atoms with Crippen LogP contribution in [0.1, 0.15) is 18.2 Å². The molecular weight excluding hydrogens is 246 g/mol. The Labute approximate surface area is 110 Å². The van der Waals surface area contributed by atoms with Crippen LogP contribution in [0.3, 0.4) is 0 Å². The fourth-order valence-corrected chi connectivity index (χ4v) is 2.06. The summed E-state index contributed by atoms with van der Waals surface area (Å²) in [6.45, 7) is 3.91. The molecule has 18 heavy (non-hydrogen) atoms. The lowest BCUT2D eigenvalue weighted by Crippen LogP contribution is -1.99. The Kier molecular flexibility index (Phi) is 3.94. The summed E-state index contributed by atoms with van der Waals surface area (Å²) in [5.74, 6) is 0.843. The van der Waals surface area contributed by atoms with Crippen LogP contribution in [0.5, 0.6) is 5.75 Å². The van der Waals surface area contributed by atoms with Crippen LogP contribution in [0.4, 0.5) is 5.13 Å². The number of thiazole rings is 1. The zero-order chi connectivity index (χ0) is 13.0. The van der Waals surface area contributed by atoms with E-state index in [9.17, 15) is 0 Å². The topological polar surface area (TPSA) is 46.5 Å². The van der Waals surface area contributed by atoms with Gasteiger partial charge in [-0.25, -0.2) is 4.98 Å². The van der Waals surface area contributed by atoms with E-state index >= 15 is 0 Å². The van der Waals surface area contributed by atoms with Gasteiger partial charge in [0, 0.05) is 5.38 Å². The van der Waals surface area contributed by atoms with Crippen LogP contribution in [0, 0.1) is 6.92 Å². The van der Waals surface area contributed by atoms with Crippen molar-refractivity contribution in [2.24, 2.45) is 5.10 Å². The summed E-state index contributed by atoms with van der Waals surface area (Å²) in [5.41, 5.74) is 5.92. The van der Waals surface area contributed by atoms with E-state index in [1.807, 2.05) is 43.5 Å². The monoisotopic (exact) mass is 261 g/mol. The molecule has 2 aromatic rings. The third kappa shape index (κ3) is 3.07. The zero-order valence-electron chi connectivity index (χ0n) is 10.6. The normalized spacial score (nSPS) is 11.4. The number of methoxy groups -OCH3 is 1. The van der Waals surface area contributed by atoms with Crippen LogP contribution in [-0.2, 0) is 0 Å². The number of hydrazone groups is 1. The van der Waals surface area contributed by atoms with Crippen molar-refractivity contribution < 1.29 is 4.74 Å². The molecule has 1 N–H and O–H groups in total. The summed E-state index contributed by atoms with van der Waals surface area (Å²) in [6.07, 6.45) is 0. The van der Waals surface area contributed by atoms with E-state index in [0.29, 0.717) is 0 Å². The smallest absolute Gasteiger partial charge is 0.203 e. The predicted molar refractivity (Wildman–Crippen MR) is 75.7 cm³/mol. The Bertz CT molecular complexity index is 546. The Hall–Kier alpha value is -1.88. The Morgan fingerprint density at radius 2 is 2.06 bits per heavy atom. The van der Waals surface area contributed by atoms with Crippen LogP contribution < -0.4 is 10.2 Å². The predicted octanol–water partition coefficient (Wildman–Crippen LogP) is 3.30. The van der Waals surface area contributed by atoms with E-state index in [4.69, 9.17) is 4.74 Å². The van der Waals surface area contributed by atoms with Gasteiger partial charge in [0.2, 0.25) is 5.13 Å². The lowest BCUT2D eigenvalue weighted by atomic mass is 10.1. The summed E-state index contributed by atoms with van der Waals surface area (Å²) in [6, 6.07) is 7.79. The van der Waals surface area contributed by atoms with E-state index in [2.05, 4.69) is 15.5 Å². The number of hydrogen-bond donors (Lipinski definition) is 1. The molecule has 0 spiro atoms. The Balaban J connectivity index is 2.07. The van der Waals surface area contributed by atoms with Gasteiger partial charge in [0.1, 0.15) is 5.75 Å². The Morgan fingerprint density at radius 1 is 1.33 bits per heavy atom. The van der Waals surface area contributed by atoms with Crippen molar-refractivity contribution in [2.45, 2.75) is 13.8 Å². The lowest BCUT2D eigenvalue weighted by Gasteiger charge is -2.03. The van der Waals surface area contributed by atoms with Crippen molar-refractivity contribution >= 4 is 22.2 Å². The molecule has 4 nitrogen and oxygen atoms in total. The quantitative estimate of drug-likeness (QED) is 0.678. The van der Waals surface area contributed by atoms with Gasteiger partial charge in [-0.2, -0.15) is 5.10 Å². The van der Waals surface area contributed by atoms with Gasteiger partial charge in [-0.3, -0.25) is 5.43 Å². The number of aryl methyl sites for hydroxylation is 1. The molecule has 0 atom stereocenters. The first kappa shape index (κ1) is 12.6. The number of benzene rings is 1.